The number of aryl methyl sites for hydroxylation is 1. The van der Waals surface area contributed by atoms with Crippen molar-refractivity contribution >= 4 is 28.2 Å². The fourth-order valence-electron chi connectivity index (χ4n) is 3.51. The number of thiophene rings is 1. The summed E-state index contributed by atoms with van der Waals surface area (Å²) >= 11 is 1.25. The van der Waals surface area contributed by atoms with Gasteiger partial charge in [0.1, 0.15) is 11.0 Å². The predicted octanol–water partition coefficient (Wildman–Crippen LogP) is 4.11. The molecule has 0 bridgehead atoms. The summed E-state index contributed by atoms with van der Waals surface area (Å²) < 4.78 is 16.8. The highest BCUT2D eigenvalue weighted by atomic mass is 32.1. The molecule has 7 nitrogen and oxygen atoms in total. The number of anilines is 1. The van der Waals surface area contributed by atoms with Crippen LogP contribution >= 0.6 is 11.3 Å². The monoisotopic (exact) mass is 446 g/mol. The molecule has 1 aliphatic rings. The Hall–Kier alpha value is -2.58. The van der Waals surface area contributed by atoms with Gasteiger partial charge < -0.3 is 19.5 Å². The van der Waals surface area contributed by atoms with E-state index in [0.717, 1.165) is 43.0 Å². The van der Waals surface area contributed by atoms with Crippen molar-refractivity contribution in [3.8, 4) is 11.5 Å². The lowest BCUT2D eigenvalue weighted by Gasteiger charge is -2.31. The summed E-state index contributed by atoms with van der Waals surface area (Å²) in [6.07, 6.45) is 1.80. The van der Waals surface area contributed by atoms with Gasteiger partial charge in [-0.2, -0.15) is 0 Å². The average molecular weight is 447 g/mol. The molecule has 1 aromatic heterocycles. The number of nitrogens with one attached hydrogen (secondary N) is 1. The van der Waals surface area contributed by atoms with Crippen molar-refractivity contribution in [1.29, 1.82) is 0 Å². The van der Waals surface area contributed by atoms with E-state index in [0.29, 0.717) is 29.6 Å². The number of nitrogens with zero attached hydrogens (tertiary/aromatic N) is 1. The summed E-state index contributed by atoms with van der Waals surface area (Å²) in [5.41, 5.74) is 0.809. The number of esters is 1. The van der Waals surface area contributed by atoms with Crippen LogP contribution in [0.15, 0.2) is 30.3 Å². The average Bonchev–Trinajstić information content (AvgIpc) is 3.11. The molecule has 8 heteroatoms. The van der Waals surface area contributed by atoms with Crippen LogP contribution in [0.4, 0.5) is 5.00 Å². The Morgan fingerprint density at radius 1 is 1.13 bits per heavy atom. The van der Waals surface area contributed by atoms with Crippen LogP contribution in [0.1, 0.15) is 41.9 Å². The molecule has 31 heavy (non-hydrogen) atoms. The zero-order chi connectivity index (χ0) is 22.2. The zero-order valence-corrected chi connectivity index (χ0v) is 19.1. The van der Waals surface area contributed by atoms with Gasteiger partial charge in [0.25, 0.3) is 0 Å². The second-order valence-corrected chi connectivity index (χ2v) is 8.42. The Labute approximate surface area is 187 Å². The van der Waals surface area contributed by atoms with Crippen molar-refractivity contribution in [3.63, 3.8) is 0 Å². The largest absolute Gasteiger partial charge is 0.490 e. The first-order valence-corrected chi connectivity index (χ1v) is 11.5. The van der Waals surface area contributed by atoms with E-state index in [2.05, 4.69) is 10.2 Å². The molecule has 3 rings (SSSR count). The van der Waals surface area contributed by atoms with Crippen LogP contribution in [0.25, 0.3) is 0 Å². The summed E-state index contributed by atoms with van der Waals surface area (Å²) in [6.45, 7) is 8.37. The van der Waals surface area contributed by atoms with E-state index in [9.17, 15) is 9.59 Å². The van der Waals surface area contributed by atoms with Crippen molar-refractivity contribution < 1.29 is 23.8 Å². The molecule has 1 fully saturated rings. The summed E-state index contributed by atoms with van der Waals surface area (Å²) in [6, 6.07) is 9.53. The van der Waals surface area contributed by atoms with Crippen LogP contribution in [-0.2, 0) is 9.53 Å². The zero-order valence-electron chi connectivity index (χ0n) is 18.3. The van der Waals surface area contributed by atoms with E-state index in [4.69, 9.17) is 14.2 Å². The minimum absolute atomic E-state index is 0.0854. The Morgan fingerprint density at radius 3 is 2.52 bits per heavy atom. The summed E-state index contributed by atoms with van der Waals surface area (Å²) in [5.74, 6) is 1.10. The van der Waals surface area contributed by atoms with E-state index >= 15 is 0 Å². The van der Waals surface area contributed by atoms with Crippen LogP contribution < -0.4 is 14.8 Å². The molecular weight excluding hydrogens is 416 g/mol. The first-order chi connectivity index (χ1) is 15.0. The number of piperidine rings is 1. The first-order valence-electron chi connectivity index (χ1n) is 10.7. The fraction of sp³-hybridized carbons (Fsp3) is 0.478. The Balaban J connectivity index is 1.46. The van der Waals surface area contributed by atoms with Crippen LogP contribution in [0, 0.1) is 6.92 Å². The number of rotatable bonds is 9. The van der Waals surface area contributed by atoms with Crippen LogP contribution in [0.2, 0.25) is 0 Å². The van der Waals surface area contributed by atoms with Gasteiger partial charge >= 0.3 is 5.97 Å². The Kier molecular flexibility index (Phi) is 8.31. The van der Waals surface area contributed by atoms with Crippen molar-refractivity contribution in [2.24, 2.45) is 0 Å². The van der Waals surface area contributed by atoms with E-state index in [1.807, 2.05) is 44.2 Å². The molecule has 2 heterocycles. The number of carbonyl (C=O) groups excluding carboxylic acids is 2. The van der Waals surface area contributed by atoms with Gasteiger partial charge in [0.15, 0.2) is 11.5 Å². The molecule has 1 amide bonds. The third-order valence-corrected chi connectivity index (χ3v) is 6.12. The quantitative estimate of drug-likeness (QED) is 0.584. The molecule has 0 spiro atoms. The molecular formula is C23H30N2O5S. The molecule has 1 aliphatic heterocycles. The van der Waals surface area contributed by atoms with E-state index in [-0.39, 0.29) is 18.0 Å². The van der Waals surface area contributed by atoms with Crippen LogP contribution in [0.5, 0.6) is 11.5 Å². The maximum atomic E-state index is 12.5. The SMILES string of the molecule is CCOC(=O)c1sc(NC(=O)CN2CCC(Oc3ccccc3OCC)CC2)cc1C. The normalized spacial score (nSPS) is 14.8. The third-order valence-electron chi connectivity index (χ3n) is 4.99. The highest BCUT2D eigenvalue weighted by molar-refractivity contribution is 7.18. The van der Waals surface area contributed by atoms with Crippen LogP contribution in [0.3, 0.4) is 0 Å². The van der Waals surface area contributed by atoms with Gasteiger partial charge in [-0.15, -0.1) is 11.3 Å². The lowest BCUT2D eigenvalue weighted by atomic mass is 10.1. The van der Waals surface area contributed by atoms with Gasteiger partial charge in [-0.25, -0.2) is 4.79 Å². The second-order valence-electron chi connectivity index (χ2n) is 7.36. The van der Waals surface area contributed by atoms with Gasteiger partial charge in [-0.3, -0.25) is 9.69 Å². The van der Waals surface area contributed by atoms with Gasteiger partial charge in [0.05, 0.1) is 24.8 Å². The summed E-state index contributed by atoms with van der Waals surface area (Å²) in [5, 5.41) is 3.57. The molecule has 0 saturated carbocycles. The van der Waals surface area contributed by atoms with Crippen LogP contribution in [-0.4, -0.2) is 55.7 Å². The molecule has 1 aromatic carbocycles. The Morgan fingerprint density at radius 2 is 1.84 bits per heavy atom. The maximum Gasteiger partial charge on any atom is 0.348 e. The topological polar surface area (TPSA) is 77.1 Å². The highest BCUT2D eigenvalue weighted by Crippen LogP contribution is 2.30. The van der Waals surface area contributed by atoms with E-state index < -0.39 is 0 Å². The standard InChI is InChI=1S/C23H30N2O5S/c1-4-28-18-8-6-7-9-19(18)30-17-10-12-25(13-11-17)15-20(26)24-21-14-16(3)22(31-21)23(27)29-5-2/h6-9,14,17H,4-5,10-13,15H2,1-3H3,(H,24,26). The van der Waals surface area contributed by atoms with Crippen molar-refractivity contribution in [3.05, 3.63) is 40.8 Å². The number of amides is 1. The predicted molar refractivity (Wildman–Crippen MR) is 121 cm³/mol. The number of likely N-dealkylation sites (tertiary alicyclic amines) is 1. The van der Waals surface area contributed by atoms with Crippen molar-refractivity contribution in [2.75, 3.05) is 38.2 Å². The second kappa shape index (κ2) is 11.2. The van der Waals surface area contributed by atoms with Gasteiger partial charge in [-0.1, -0.05) is 12.1 Å². The maximum absolute atomic E-state index is 12.5. The van der Waals surface area contributed by atoms with E-state index in [1.165, 1.54) is 11.3 Å². The number of benzene rings is 1. The number of para-hydroxylation sites is 2. The summed E-state index contributed by atoms with van der Waals surface area (Å²) in [4.78, 5) is 27.1. The number of hydrogen-bond donors (Lipinski definition) is 1. The Bertz CT molecular complexity index is 890. The number of carbonyl (C=O) groups is 2. The molecule has 0 unspecified atom stereocenters. The third kappa shape index (κ3) is 6.45. The van der Waals surface area contributed by atoms with Gasteiger partial charge in [-0.05, 0) is 57.4 Å². The number of ether oxygens (including phenoxy) is 3. The minimum atomic E-state index is -0.349. The summed E-state index contributed by atoms with van der Waals surface area (Å²) in [7, 11) is 0. The number of hydrogen-bond acceptors (Lipinski definition) is 7. The smallest absolute Gasteiger partial charge is 0.348 e. The molecule has 168 valence electrons. The molecule has 0 radical (unpaired) electrons. The van der Waals surface area contributed by atoms with Gasteiger partial charge in [0, 0.05) is 13.1 Å². The van der Waals surface area contributed by atoms with E-state index in [1.54, 1.807) is 6.92 Å². The molecule has 0 aliphatic carbocycles. The van der Waals surface area contributed by atoms with Gasteiger partial charge in [0.2, 0.25) is 5.91 Å². The van der Waals surface area contributed by atoms with Crippen molar-refractivity contribution in [2.45, 2.75) is 39.7 Å². The minimum Gasteiger partial charge on any atom is -0.490 e. The lowest BCUT2D eigenvalue weighted by Crippen LogP contribution is -2.42. The molecule has 1 saturated heterocycles. The lowest BCUT2D eigenvalue weighted by molar-refractivity contribution is -0.117. The molecule has 1 N–H and O–H groups in total. The van der Waals surface area contributed by atoms with Crippen molar-refractivity contribution in [1.82, 2.24) is 4.90 Å². The first kappa shape index (κ1) is 23.1. The highest BCUT2D eigenvalue weighted by Gasteiger charge is 2.23. The molecule has 0 atom stereocenters. The molecule has 2 aromatic rings. The fourth-order valence-corrected chi connectivity index (χ4v) is 4.49.